The summed E-state index contributed by atoms with van der Waals surface area (Å²) in [5.41, 5.74) is 1.03. The van der Waals surface area contributed by atoms with Gasteiger partial charge >= 0.3 is 0 Å². The molecule has 1 aromatic rings. The number of amides is 1. The molecule has 0 bridgehead atoms. The first kappa shape index (κ1) is 17.3. The van der Waals surface area contributed by atoms with Gasteiger partial charge in [0.15, 0.2) is 0 Å². The summed E-state index contributed by atoms with van der Waals surface area (Å²) in [6, 6.07) is 4.68. The molecule has 6 heteroatoms. The third-order valence-corrected chi connectivity index (χ3v) is 4.86. The van der Waals surface area contributed by atoms with Gasteiger partial charge in [-0.05, 0) is 37.1 Å². The first-order valence-electron chi connectivity index (χ1n) is 8.71. The van der Waals surface area contributed by atoms with E-state index in [9.17, 15) is 9.18 Å². The van der Waals surface area contributed by atoms with E-state index in [-0.39, 0.29) is 17.8 Å². The second-order valence-corrected chi connectivity index (χ2v) is 6.68. The van der Waals surface area contributed by atoms with Crippen LogP contribution in [0.15, 0.2) is 18.2 Å². The second-order valence-electron chi connectivity index (χ2n) is 6.68. The number of ether oxygens (including phenoxy) is 1. The Morgan fingerprint density at radius 1 is 1.25 bits per heavy atom. The molecule has 0 aliphatic carbocycles. The van der Waals surface area contributed by atoms with Crippen LogP contribution in [0.5, 0.6) is 0 Å². The van der Waals surface area contributed by atoms with Crippen molar-refractivity contribution in [2.75, 3.05) is 52.5 Å². The van der Waals surface area contributed by atoms with Crippen molar-refractivity contribution in [2.24, 2.45) is 0 Å². The van der Waals surface area contributed by atoms with Crippen molar-refractivity contribution < 1.29 is 13.9 Å². The fourth-order valence-electron chi connectivity index (χ4n) is 3.32. The normalized spacial score (nSPS) is 22.7. The van der Waals surface area contributed by atoms with E-state index in [4.69, 9.17) is 4.74 Å². The van der Waals surface area contributed by atoms with Gasteiger partial charge in [0.25, 0.3) is 5.91 Å². The van der Waals surface area contributed by atoms with Gasteiger partial charge in [-0.15, -0.1) is 0 Å². The lowest BCUT2D eigenvalue weighted by atomic mass is 10.1. The maximum atomic E-state index is 13.3. The highest BCUT2D eigenvalue weighted by molar-refractivity contribution is 5.94. The number of hydrogen-bond donors (Lipinski definition) is 1. The summed E-state index contributed by atoms with van der Waals surface area (Å²) in [6.45, 7) is 9.34. The van der Waals surface area contributed by atoms with Gasteiger partial charge < -0.3 is 10.1 Å². The maximum Gasteiger partial charge on any atom is 0.251 e. The van der Waals surface area contributed by atoms with Crippen LogP contribution in [0.2, 0.25) is 0 Å². The molecule has 3 rings (SSSR count). The summed E-state index contributed by atoms with van der Waals surface area (Å²) in [5.74, 6) is -0.389. The van der Waals surface area contributed by atoms with Crippen LogP contribution in [-0.4, -0.2) is 74.2 Å². The van der Waals surface area contributed by atoms with E-state index in [0.717, 1.165) is 58.9 Å². The molecule has 1 unspecified atom stereocenters. The van der Waals surface area contributed by atoms with E-state index in [0.29, 0.717) is 11.1 Å². The number of aryl methyl sites for hydroxylation is 1. The number of benzene rings is 1. The minimum absolute atomic E-state index is 0.113. The zero-order valence-electron chi connectivity index (χ0n) is 14.3. The zero-order chi connectivity index (χ0) is 16.9. The van der Waals surface area contributed by atoms with E-state index < -0.39 is 0 Å². The molecule has 2 saturated heterocycles. The predicted molar refractivity (Wildman–Crippen MR) is 90.7 cm³/mol. The van der Waals surface area contributed by atoms with Crippen LogP contribution < -0.4 is 5.32 Å². The van der Waals surface area contributed by atoms with Crippen molar-refractivity contribution >= 4 is 5.91 Å². The van der Waals surface area contributed by atoms with Crippen molar-refractivity contribution in [3.8, 4) is 0 Å². The molecule has 2 fully saturated rings. The van der Waals surface area contributed by atoms with Gasteiger partial charge in [-0.3, -0.25) is 14.6 Å². The predicted octanol–water partition coefficient (Wildman–Crippen LogP) is 1.27. The van der Waals surface area contributed by atoms with Crippen LogP contribution in [0, 0.1) is 12.7 Å². The Labute approximate surface area is 142 Å². The highest BCUT2D eigenvalue weighted by atomic mass is 19.1. The molecule has 0 radical (unpaired) electrons. The van der Waals surface area contributed by atoms with Gasteiger partial charge in [0.05, 0.1) is 13.2 Å². The fourth-order valence-corrected chi connectivity index (χ4v) is 3.32. The van der Waals surface area contributed by atoms with Crippen molar-refractivity contribution in [2.45, 2.75) is 19.4 Å². The Hall–Kier alpha value is -1.50. The van der Waals surface area contributed by atoms with E-state index in [2.05, 4.69) is 15.1 Å². The van der Waals surface area contributed by atoms with E-state index in [1.54, 1.807) is 19.1 Å². The molecule has 2 heterocycles. The van der Waals surface area contributed by atoms with Gasteiger partial charge in [-0.25, -0.2) is 4.39 Å². The van der Waals surface area contributed by atoms with Crippen molar-refractivity contribution in [1.29, 1.82) is 0 Å². The lowest BCUT2D eigenvalue weighted by molar-refractivity contribution is 0.0343. The number of carbonyl (C=O) groups is 1. The number of nitrogens with zero attached hydrogens (tertiary/aromatic N) is 2. The molecule has 132 valence electrons. The minimum atomic E-state index is -0.276. The SMILES string of the molecule is Cc1cc(C(=O)NC2CCN(CCN3CCOCC3)C2)ccc1F. The number of morpholine rings is 1. The molecule has 2 aliphatic heterocycles. The zero-order valence-corrected chi connectivity index (χ0v) is 14.3. The lowest BCUT2D eigenvalue weighted by Gasteiger charge is -2.28. The third kappa shape index (κ3) is 4.53. The average molecular weight is 335 g/mol. The highest BCUT2D eigenvalue weighted by Gasteiger charge is 2.24. The Kier molecular flexibility index (Phi) is 5.81. The summed E-state index contributed by atoms with van der Waals surface area (Å²) < 4.78 is 18.7. The van der Waals surface area contributed by atoms with Crippen LogP contribution in [0.25, 0.3) is 0 Å². The van der Waals surface area contributed by atoms with Crippen LogP contribution in [0.4, 0.5) is 4.39 Å². The molecule has 0 spiro atoms. The molecular formula is C18H26FN3O2. The standard InChI is InChI=1S/C18H26FN3O2/c1-14-12-15(2-3-17(14)19)18(23)20-16-4-5-22(13-16)7-6-21-8-10-24-11-9-21/h2-3,12,16H,4-11,13H2,1H3,(H,20,23). The van der Waals surface area contributed by atoms with Gasteiger partial charge in [0.1, 0.15) is 5.82 Å². The van der Waals surface area contributed by atoms with Gasteiger partial charge in [-0.1, -0.05) is 0 Å². The van der Waals surface area contributed by atoms with E-state index in [1.807, 2.05) is 0 Å². The molecule has 1 atom stereocenters. The van der Waals surface area contributed by atoms with E-state index >= 15 is 0 Å². The molecule has 0 aromatic heterocycles. The fraction of sp³-hybridized carbons (Fsp3) is 0.611. The number of rotatable bonds is 5. The summed E-state index contributed by atoms with van der Waals surface area (Å²) in [7, 11) is 0. The van der Waals surface area contributed by atoms with Gasteiger partial charge in [0, 0.05) is 50.9 Å². The van der Waals surface area contributed by atoms with Crippen LogP contribution in [0.3, 0.4) is 0 Å². The number of nitrogens with one attached hydrogen (secondary N) is 1. The third-order valence-electron chi connectivity index (χ3n) is 4.86. The summed E-state index contributed by atoms with van der Waals surface area (Å²) >= 11 is 0. The molecule has 1 aromatic carbocycles. The number of halogens is 1. The highest BCUT2D eigenvalue weighted by Crippen LogP contribution is 2.13. The number of hydrogen-bond acceptors (Lipinski definition) is 4. The van der Waals surface area contributed by atoms with E-state index in [1.165, 1.54) is 6.07 Å². The minimum Gasteiger partial charge on any atom is -0.379 e. The molecular weight excluding hydrogens is 309 g/mol. The quantitative estimate of drug-likeness (QED) is 0.880. The van der Waals surface area contributed by atoms with Crippen molar-refractivity contribution in [3.05, 3.63) is 35.1 Å². The largest absolute Gasteiger partial charge is 0.379 e. The first-order chi connectivity index (χ1) is 11.6. The summed E-state index contributed by atoms with van der Waals surface area (Å²) in [5, 5.41) is 3.07. The smallest absolute Gasteiger partial charge is 0.251 e. The Balaban J connectivity index is 1.43. The van der Waals surface area contributed by atoms with Crippen LogP contribution in [-0.2, 0) is 4.74 Å². The van der Waals surface area contributed by atoms with Crippen molar-refractivity contribution in [3.63, 3.8) is 0 Å². The van der Waals surface area contributed by atoms with Gasteiger partial charge in [0.2, 0.25) is 0 Å². The molecule has 24 heavy (non-hydrogen) atoms. The monoisotopic (exact) mass is 335 g/mol. The summed E-state index contributed by atoms with van der Waals surface area (Å²) in [6.07, 6.45) is 0.967. The molecule has 1 N–H and O–H groups in total. The van der Waals surface area contributed by atoms with Crippen LogP contribution in [0.1, 0.15) is 22.3 Å². The molecule has 5 nitrogen and oxygen atoms in total. The second kappa shape index (κ2) is 8.05. The van der Waals surface area contributed by atoms with Gasteiger partial charge in [-0.2, -0.15) is 0 Å². The first-order valence-corrected chi connectivity index (χ1v) is 8.71. The molecule has 0 saturated carbocycles. The molecule has 2 aliphatic rings. The lowest BCUT2D eigenvalue weighted by Crippen LogP contribution is -2.42. The maximum absolute atomic E-state index is 13.3. The Morgan fingerprint density at radius 2 is 2.00 bits per heavy atom. The Bertz CT molecular complexity index is 575. The number of likely N-dealkylation sites (tertiary alicyclic amines) is 1. The van der Waals surface area contributed by atoms with Crippen LogP contribution >= 0.6 is 0 Å². The number of carbonyl (C=O) groups excluding carboxylic acids is 1. The molecule has 1 amide bonds. The van der Waals surface area contributed by atoms with Crippen molar-refractivity contribution in [1.82, 2.24) is 15.1 Å². The summed E-state index contributed by atoms with van der Waals surface area (Å²) in [4.78, 5) is 17.1. The topological polar surface area (TPSA) is 44.8 Å². The Morgan fingerprint density at radius 3 is 2.75 bits per heavy atom. The average Bonchev–Trinajstić information content (AvgIpc) is 3.04.